The predicted octanol–water partition coefficient (Wildman–Crippen LogP) is 15.9. The molecule has 14 rings (SSSR count). The van der Waals surface area contributed by atoms with Crippen molar-refractivity contribution in [3.8, 4) is 16.8 Å². The number of rotatable bonds is 2. The Morgan fingerprint density at radius 1 is 0.485 bits per heavy atom. The van der Waals surface area contributed by atoms with Crippen LogP contribution in [0.15, 0.2) is 155 Å². The number of thiophene rings is 1. The molecule has 6 heteroatoms. The molecular weight excluding hydrogens is 846 g/mol. The average molecular weight is 923 g/mol. The first-order valence-corrected chi connectivity index (χ1v) is 23.0. The average Bonchev–Trinajstić information content (AvgIpc) is 1.64. The van der Waals surface area contributed by atoms with Crippen molar-refractivity contribution in [2.75, 3.05) is 9.80 Å². The third-order valence-corrected chi connectivity index (χ3v) is 14.1. The third kappa shape index (κ3) is 5.38. The Bertz CT molecular complexity index is 5470. The van der Waals surface area contributed by atoms with Crippen molar-refractivity contribution in [2.45, 2.75) is 78.6 Å². The van der Waals surface area contributed by atoms with Gasteiger partial charge in [-0.3, -0.25) is 0 Å². The van der Waals surface area contributed by atoms with Crippen molar-refractivity contribution >= 4 is 122 Å². The summed E-state index contributed by atoms with van der Waals surface area (Å²) in [5, 5.41) is -0.935. The van der Waals surface area contributed by atoms with Crippen molar-refractivity contribution < 1.29 is 38.7 Å². The molecule has 0 atom stereocenters. The van der Waals surface area contributed by atoms with Gasteiger partial charge in [0, 0.05) is 47.7 Å². The highest BCUT2D eigenvalue weighted by Gasteiger charge is 2.50. The molecule has 3 aliphatic rings. The van der Waals surface area contributed by atoms with Gasteiger partial charge in [0.25, 0.3) is 6.71 Å². The second kappa shape index (κ2) is 13.4. The van der Waals surface area contributed by atoms with Crippen LogP contribution in [0.3, 0.4) is 0 Å². The molecule has 8 aromatic carbocycles. The number of para-hydroxylation sites is 1. The first-order valence-electron chi connectivity index (χ1n) is 34.7. The smallest absolute Gasteiger partial charge is 0.297 e. The van der Waals surface area contributed by atoms with E-state index in [1.54, 1.807) is 62.3 Å². The van der Waals surface area contributed by atoms with Crippen molar-refractivity contribution in [1.29, 1.82) is 0 Å². The van der Waals surface area contributed by atoms with E-state index in [0.29, 0.717) is 0 Å². The van der Waals surface area contributed by atoms with E-state index in [0.717, 1.165) is 11.3 Å². The van der Waals surface area contributed by atoms with Gasteiger partial charge < -0.3 is 18.8 Å². The number of anilines is 6. The fraction of sp³-hybridized carbons (Fsp3) is 0.194. The van der Waals surface area contributed by atoms with Gasteiger partial charge in [-0.25, -0.2) is 0 Å². The highest BCUT2D eigenvalue weighted by atomic mass is 32.1. The molecule has 6 heterocycles. The number of aromatic nitrogens is 1. The second-order valence-electron chi connectivity index (χ2n) is 20.6. The highest BCUT2D eigenvalue weighted by Crippen LogP contribution is 2.56. The summed E-state index contributed by atoms with van der Waals surface area (Å²) in [7, 11) is 0. The Hall–Kier alpha value is -7.02. The molecule has 11 aromatic rings. The normalized spacial score (nSPS) is 19.3. The number of fused-ring (bicyclic) bond motifs is 14. The molecule has 3 aromatic heterocycles. The zero-order valence-corrected chi connectivity index (χ0v) is 39.1. The van der Waals surface area contributed by atoms with Crippen molar-refractivity contribution in [1.82, 2.24) is 4.57 Å². The lowest BCUT2D eigenvalue weighted by molar-refractivity contribution is 0.590. The topological polar surface area (TPSA) is 24.6 Å². The molecule has 330 valence electrons. The first kappa shape index (κ1) is 22.4. The molecule has 0 saturated heterocycles. The lowest BCUT2D eigenvalue weighted by atomic mass is 9.35. The largest absolute Gasteiger partial charge is 0.468 e. The van der Waals surface area contributed by atoms with Crippen molar-refractivity contribution in [3.63, 3.8) is 0 Å². The Morgan fingerprint density at radius 3 is 1.90 bits per heavy atom. The summed E-state index contributed by atoms with van der Waals surface area (Å²) in [4.78, 5) is 2.66. The van der Waals surface area contributed by atoms with Gasteiger partial charge in [0.1, 0.15) is 5.58 Å². The van der Waals surface area contributed by atoms with Crippen LogP contribution >= 0.6 is 11.3 Å². The van der Waals surface area contributed by atoms with Gasteiger partial charge >= 0.3 is 0 Å². The molecule has 0 N–H and O–H groups in total. The first-order chi connectivity index (χ1) is 43.1. The van der Waals surface area contributed by atoms with Crippen LogP contribution < -0.4 is 26.4 Å². The molecule has 0 bridgehead atoms. The summed E-state index contributed by atoms with van der Waals surface area (Å²) < 4.78 is 250. The lowest BCUT2D eigenvalue weighted by Gasteiger charge is -2.45. The van der Waals surface area contributed by atoms with Gasteiger partial charge in [-0.2, -0.15) is 0 Å². The van der Waals surface area contributed by atoms with Crippen LogP contribution in [0.1, 0.15) is 113 Å². The summed E-state index contributed by atoms with van der Waals surface area (Å²) in [6, 6.07) is -16.0. The molecule has 68 heavy (non-hydrogen) atoms. The van der Waals surface area contributed by atoms with Crippen molar-refractivity contribution in [2.24, 2.45) is 0 Å². The molecule has 0 amide bonds. The zero-order valence-electron chi connectivity index (χ0n) is 63.2. The van der Waals surface area contributed by atoms with Crippen LogP contribution in [0.25, 0.3) is 69.8 Å². The molecule has 0 spiro atoms. The van der Waals surface area contributed by atoms with E-state index in [4.69, 9.17) is 14.0 Å². The SMILES string of the molecule is [2H]c1c([2H])c([2H])c(-c2c([2H])c([2H])c3oc4c(c3c2[2H])N(c2c([2H])c([2H])c([2H])c3sc5c([2H])c([2H])c([2H])c([2H])c5c23)c2c([2H])c(C(C)(C)C)c([2H])c3c2B4c2c([2H])c([2H])c([2H])c4c2N3c2c([2H])c(C(C)(C)C)c([2H])c3c5c([2H])c(C(C)(C)C)c([2H])c([2H])c5n-4c23)c([2H])c1[2H]. The fourth-order valence-electron chi connectivity index (χ4n) is 9.85. The molecule has 0 unspecified atom stereocenters. The summed E-state index contributed by atoms with van der Waals surface area (Å²) >= 11 is 0.719. The van der Waals surface area contributed by atoms with Gasteiger partial charge in [0.05, 0.1) is 79.4 Å². The van der Waals surface area contributed by atoms with Crippen LogP contribution in [-0.4, -0.2) is 11.3 Å². The Morgan fingerprint density at radius 2 is 1.13 bits per heavy atom. The van der Waals surface area contributed by atoms with Crippen LogP contribution in [-0.2, 0) is 16.2 Å². The maximum Gasteiger partial charge on any atom is 0.297 e. The predicted molar refractivity (Wildman–Crippen MR) is 293 cm³/mol. The van der Waals surface area contributed by atoms with Crippen molar-refractivity contribution in [3.05, 3.63) is 168 Å². The van der Waals surface area contributed by atoms with E-state index < -0.39 is 189 Å². The van der Waals surface area contributed by atoms with Crippen LogP contribution in [0.5, 0.6) is 0 Å². The van der Waals surface area contributed by atoms with E-state index in [2.05, 4.69) is 0 Å². The summed E-state index contributed by atoms with van der Waals surface area (Å²) in [5.41, 5.74) is -7.99. The number of nitrogens with zero attached hydrogens (tertiary/aromatic N) is 3. The van der Waals surface area contributed by atoms with E-state index in [-0.39, 0.29) is 122 Å². The Kier molecular flexibility index (Phi) is 4.40. The Labute approximate surface area is 437 Å². The molecule has 3 aliphatic heterocycles. The van der Waals surface area contributed by atoms with Crippen LogP contribution in [0.2, 0.25) is 0 Å². The molecule has 0 aliphatic carbocycles. The monoisotopic (exact) mass is 923 g/mol. The quantitative estimate of drug-likeness (QED) is 0.162. The molecule has 0 fully saturated rings. The lowest BCUT2D eigenvalue weighted by Crippen LogP contribution is -2.61. The minimum absolute atomic E-state index is 0.00159. The zero-order chi connectivity index (χ0) is 68.1. The van der Waals surface area contributed by atoms with Crippen LogP contribution in [0, 0.1) is 0 Å². The number of benzene rings is 8. The van der Waals surface area contributed by atoms with E-state index in [1.165, 1.54) is 14.4 Å². The van der Waals surface area contributed by atoms with Gasteiger partial charge in [0.15, 0.2) is 0 Å². The highest BCUT2D eigenvalue weighted by molar-refractivity contribution is 7.26. The fourth-order valence-corrected chi connectivity index (χ4v) is 10.8. The Balaban J connectivity index is 1.31. The molecule has 0 saturated carbocycles. The summed E-state index contributed by atoms with van der Waals surface area (Å²) in [5.74, 6) is 0. The number of hydrogen-bond donors (Lipinski definition) is 0. The van der Waals surface area contributed by atoms with Gasteiger partial charge in [-0.15, -0.1) is 11.3 Å². The van der Waals surface area contributed by atoms with Crippen LogP contribution in [0.4, 0.5) is 34.1 Å². The molecular formula is C62H52BN3OS. The van der Waals surface area contributed by atoms with Gasteiger partial charge in [-0.1, -0.05) is 141 Å². The number of hydrogen-bond acceptors (Lipinski definition) is 4. The van der Waals surface area contributed by atoms with Gasteiger partial charge in [-0.05, 0) is 127 Å². The second-order valence-corrected chi connectivity index (χ2v) is 21.6. The van der Waals surface area contributed by atoms with E-state index in [1.807, 2.05) is 0 Å². The summed E-state index contributed by atoms with van der Waals surface area (Å²) in [6.45, 7) is 14.0. The number of furan rings is 1. The maximum atomic E-state index is 10.8. The molecule has 0 radical (unpaired) electrons. The van der Waals surface area contributed by atoms with E-state index >= 15 is 0 Å². The minimum atomic E-state index is -1.77. The van der Waals surface area contributed by atoms with Gasteiger partial charge in [0.2, 0.25) is 0 Å². The standard InChI is InChI=1S/C62H52BN3OS/c1-60(2,3)37-26-27-45-41(30-37)42-31-38(61(4,5)6)34-50-56(42)64(45)47-22-15-20-44-58(47)66(50)49-33-39(62(7,8)9)32-48-55(49)63(44)59-57(43-29-36(25-28-51(43)67-59)35-17-11-10-12-18-35)65(48)46-21-16-24-53-54(46)40-19-13-14-23-52(40)68-53/h10-34H,1-9H3/i10D,11D,12D,13D,14D,15D,16D,17D,18D,19D,20D,21D,22D,23D,24D,25D,26D,27D,28D,29D,30D,31D,32D,33D,34D. The summed E-state index contributed by atoms with van der Waals surface area (Å²) in [6.07, 6.45) is 0. The maximum absolute atomic E-state index is 10.8. The van der Waals surface area contributed by atoms with E-state index in [9.17, 15) is 24.7 Å². The third-order valence-electron chi connectivity index (χ3n) is 13.1. The molecule has 4 nitrogen and oxygen atoms in total. The minimum Gasteiger partial charge on any atom is -0.468 e.